The van der Waals surface area contributed by atoms with Crippen molar-refractivity contribution in [2.45, 2.75) is 82.4 Å². The summed E-state index contributed by atoms with van der Waals surface area (Å²) in [4.78, 5) is 14.6. The van der Waals surface area contributed by atoms with Crippen LogP contribution in [-0.2, 0) is 23.7 Å². The maximum absolute atomic E-state index is 12.9. The number of carbonyl (C=O) groups is 1. The largest absolute Gasteiger partial charge is 0.444 e. The van der Waals surface area contributed by atoms with Crippen molar-refractivity contribution in [1.82, 2.24) is 4.90 Å². The molecule has 7 heteroatoms. The van der Waals surface area contributed by atoms with E-state index in [0.717, 1.165) is 12.8 Å². The summed E-state index contributed by atoms with van der Waals surface area (Å²) in [5.41, 5.74) is -1.04. The summed E-state index contributed by atoms with van der Waals surface area (Å²) >= 11 is 0. The van der Waals surface area contributed by atoms with E-state index in [1.165, 1.54) is 7.11 Å². The van der Waals surface area contributed by atoms with Gasteiger partial charge in [0.15, 0.2) is 0 Å². The van der Waals surface area contributed by atoms with Gasteiger partial charge < -0.3 is 23.7 Å². The van der Waals surface area contributed by atoms with Crippen molar-refractivity contribution < 1.29 is 28.5 Å². The lowest BCUT2D eigenvalue weighted by molar-refractivity contribution is -0.456. The molecule has 0 N–H and O–H groups in total. The van der Waals surface area contributed by atoms with Crippen molar-refractivity contribution in [2.75, 3.05) is 20.8 Å². The van der Waals surface area contributed by atoms with E-state index < -0.39 is 34.9 Å². The summed E-state index contributed by atoms with van der Waals surface area (Å²) in [6.07, 6.45) is 6.33. The Kier molecular flexibility index (Phi) is 4.80. The fourth-order valence-electron chi connectivity index (χ4n) is 4.16. The third-order valence-corrected chi connectivity index (χ3v) is 6.07. The summed E-state index contributed by atoms with van der Waals surface area (Å²) in [7, 11) is 3.09. The first-order valence-electron chi connectivity index (χ1n) is 9.38. The summed E-state index contributed by atoms with van der Waals surface area (Å²) < 4.78 is 29.5. The number of likely N-dealkylation sites (tertiary alicyclic amines) is 1. The lowest BCUT2D eigenvalue weighted by Gasteiger charge is -2.57. The quantitative estimate of drug-likeness (QED) is 0.685. The molecule has 3 rings (SSSR count). The van der Waals surface area contributed by atoms with Crippen LogP contribution in [-0.4, -0.2) is 66.7 Å². The Hall–Kier alpha value is -1.33. The van der Waals surface area contributed by atoms with Crippen LogP contribution in [0, 0.1) is 18.3 Å². The van der Waals surface area contributed by atoms with Crippen molar-refractivity contribution in [3.63, 3.8) is 0 Å². The van der Waals surface area contributed by atoms with Crippen molar-refractivity contribution in [3.8, 4) is 12.3 Å². The molecule has 3 fully saturated rings. The highest BCUT2D eigenvalue weighted by Crippen LogP contribution is 2.56. The lowest BCUT2D eigenvalue weighted by Crippen LogP contribution is -2.72. The summed E-state index contributed by atoms with van der Waals surface area (Å²) in [6, 6.07) is 0. The summed E-state index contributed by atoms with van der Waals surface area (Å²) in [5.74, 6) is 0.274. The van der Waals surface area contributed by atoms with E-state index in [1.807, 2.05) is 20.8 Å². The minimum atomic E-state index is -1.14. The highest BCUT2D eigenvalue weighted by atomic mass is 16.8. The molecule has 2 unspecified atom stereocenters. The highest BCUT2D eigenvalue weighted by molar-refractivity contribution is 5.70. The van der Waals surface area contributed by atoms with Crippen LogP contribution in [0.15, 0.2) is 0 Å². The van der Waals surface area contributed by atoms with E-state index in [9.17, 15) is 4.79 Å². The molecule has 7 nitrogen and oxygen atoms in total. The zero-order valence-corrected chi connectivity index (χ0v) is 17.3. The van der Waals surface area contributed by atoms with E-state index >= 15 is 0 Å². The molecule has 1 amide bonds. The van der Waals surface area contributed by atoms with E-state index in [0.29, 0.717) is 6.54 Å². The molecular formula is C20H31NO6. The molecule has 1 spiro atoms. The fourth-order valence-corrected chi connectivity index (χ4v) is 4.16. The molecule has 2 saturated heterocycles. The third-order valence-electron chi connectivity index (χ3n) is 6.07. The van der Waals surface area contributed by atoms with E-state index in [2.05, 4.69) is 5.92 Å². The molecule has 0 bridgehead atoms. The minimum absolute atomic E-state index is 0.320. The van der Waals surface area contributed by atoms with Gasteiger partial charge in [-0.1, -0.05) is 5.92 Å². The van der Waals surface area contributed by atoms with Crippen molar-refractivity contribution >= 4 is 6.09 Å². The van der Waals surface area contributed by atoms with E-state index in [-0.39, 0.29) is 12.0 Å². The standard InChI is InChI=1S/C20H31NO6/c1-9-13-15-14(25-18(5,23-7)19(6,24-8)26-15)12-21(20(13)10-11-20)16(22)27-17(2,3)4/h1,13-15H,10-12H2,2-8H3/t13-,14-,15-,18?,19?/m1/s1. The molecule has 152 valence electrons. The Bertz CT molecular complexity index is 648. The fraction of sp³-hybridized carbons (Fsp3) is 0.850. The van der Waals surface area contributed by atoms with E-state index in [1.54, 1.807) is 25.9 Å². The van der Waals surface area contributed by atoms with Gasteiger partial charge in [-0.15, -0.1) is 6.42 Å². The summed E-state index contributed by atoms with van der Waals surface area (Å²) in [6.45, 7) is 9.42. The first kappa shape index (κ1) is 20.4. The van der Waals surface area contributed by atoms with Crippen LogP contribution in [0.2, 0.25) is 0 Å². The second-order valence-corrected chi connectivity index (χ2v) is 8.88. The monoisotopic (exact) mass is 381 g/mol. The Morgan fingerprint density at radius 2 is 1.70 bits per heavy atom. The van der Waals surface area contributed by atoms with Crippen LogP contribution < -0.4 is 0 Å². The van der Waals surface area contributed by atoms with E-state index in [4.69, 9.17) is 30.1 Å². The Morgan fingerprint density at radius 3 is 2.15 bits per heavy atom. The molecule has 5 atom stereocenters. The molecule has 2 heterocycles. The Morgan fingerprint density at radius 1 is 1.15 bits per heavy atom. The third kappa shape index (κ3) is 3.13. The lowest BCUT2D eigenvalue weighted by atomic mass is 9.81. The number of hydrogen-bond acceptors (Lipinski definition) is 6. The number of amides is 1. The van der Waals surface area contributed by atoms with Crippen LogP contribution in [0.25, 0.3) is 0 Å². The molecule has 27 heavy (non-hydrogen) atoms. The molecule has 3 aliphatic rings. The number of nitrogens with zero attached hydrogens (tertiary/aromatic N) is 1. The molecule has 0 aromatic heterocycles. The number of piperidine rings is 1. The van der Waals surface area contributed by atoms with Crippen LogP contribution in [0.3, 0.4) is 0 Å². The maximum atomic E-state index is 12.9. The van der Waals surface area contributed by atoms with Crippen molar-refractivity contribution in [3.05, 3.63) is 0 Å². The van der Waals surface area contributed by atoms with Gasteiger partial charge in [-0.2, -0.15) is 0 Å². The molecule has 0 radical (unpaired) electrons. The van der Waals surface area contributed by atoms with Gasteiger partial charge in [-0.25, -0.2) is 4.79 Å². The van der Waals surface area contributed by atoms with Crippen molar-refractivity contribution in [2.24, 2.45) is 5.92 Å². The van der Waals surface area contributed by atoms with Crippen LogP contribution in [0.5, 0.6) is 0 Å². The van der Waals surface area contributed by atoms with Gasteiger partial charge in [0.2, 0.25) is 11.6 Å². The average Bonchev–Trinajstić information content (AvgIpc) is 3.35. The maximum Gasteiger partial charge on any atom is 0.410 e. The van der Waals surface area contributed by atoms with Gasteiger partial charge in [0.1, 0.15) is 17.8 Å². The van der Waals surface area contributed by atoms with Crippen LogP contribution in [0.1, 0.15) is 47.5 Å². The summed E-state index contributed by atoms with van der Waals surface area (Å²) in [5, 5.41) is 0. The molecule has 0 aromatic rings. The van der Waals surface area contributed by atoms with Gasteiger partial charge in [-0.3, -0.25) is 4.90 Å². The second kappa shape index (κ2) is 6.35. The number of methoxy groups -OCH3 is 2. The predicted molar refractivity (Wildman–Crippen MR) is 97.8 cm³/mol. The Balaban J connectivity index is 1.93. The number of terminal acetylenes is 1. The number of carbonyl (C=O) groups excluding carboxylic acids is 1. The smallest absolute Gasteiger partial charge is 0.410 e. The van der Waals surface area contributed by atoms with Crippen LogP contribution >= 0.6 is 0 Å². The van der Waals surface area contributed by atoms with Gasteiger partial charge in [0.25, 0.3) is 0 Å². The normalized spacial score (nSPS) is 40.2. The number of ether oxygens (including phenoxy) is 5. The van der Waals surface area contributed by atoms with Gasteiger partial charge in [0, 0.05) is 14.2 Å². The number of hydrogen-bond donors (Lipinski definition) is 0. The highest BCUT2D eigenvalue weighted by Gasteiger charge is 2.68. The average molecular weight is 381 g/mol. The zero-order chi connectivity index (χ0) is 20.3. The first-order valence-corrected chi connectivity index (χ1v) is 9.38. The van der Waals surface area contributed by atoms with Gasteiger partial charge in [-0.05, 0) is 47.5 Å². The molecule has 1 aliphatic carbocycles. The number of fused-ring (bicyclic) bond motifs is 1. The predicted octanol–water partition coefficient (Wildman–Crippen LogP) is 2.53. The second-order valence-electron chi connectivity index (χ2n) is 8.88. The topological polar surface area (TPSA) is 66.5 Å². The number of rotatable bonds is 2. The minimum Gasteiger partial charge on any atom is -0.444 e. The first-order chi connectivity index (χ1) is 12.5. The Labute approximate surface area is 161 Å². The SMILES string of the molecule is C#C[C@@H]1[C@H]2OC(C)(OC)C(C)(OC)O[C@@H]2CN(C(=O)OC(C)(C)C)C12CC2. The molecule has 1 saturated carbocycles. The molecule has 2 aliphatic heterocycles. The van der Waals surface area contributed by atoms with Crippen molar-refractivity contribution in [1.29, 1.82) is 0 Å². The van der Waals surface area contributed by atoms with Gasteiger partial charge >= 0.3 is 6.09 Å². The van der Waals surface area contributed by atoms with Gasteiger partial charge in [0.05, 0.1) is 18.0 Å². The zero-order valence-electron chi connectivity index (χ0n) is 17.3. The molecule has 0 aromatic carbocycles. The molecular weight excluding hydrogens is 350 g/mol. The van der Waals surface area contributed by atoms with Crippen LogP contribution in [0.4, 0.5) is 4.79 Å².